The first-order valence-electron chi connectivity index (χ1n) is 5.32. The number of nitrogens with two attached hydrogens (primary N) is 1. The Hall–Kier alpha value is -2.34. The number of rotatable bonds is 3. The number of nitrogen functional groups attached to an aromatic ring is 1. The SMILES string of the molecule is COc1cc(N)c(Cl)cc1C(=O)Nc1ccncn1. The van der Waals surface area contributed by atoms with Gasteiger partial charge >= 0.3 is 0 Å². The summed E-state index contributed by atoms with van der Waals surface area (Å²) in [4.78, 5) is 19.8. The van der Waals surface area contributed by atoms with Crippen molar-refractivity contribution in [2.45, 2.75) is 0 Å². The molecule has 1 aromatic heterocycles. The first-order valence-corrected chi connectivity index (χ1v) is 5.70. The topological polar surface area (TPSA) is 90.1 Å². The van der Waals surface area contributed by atoms with Crippen molar-refractivity contribution in [3.05, 3.63) is 41.3 Å². The fourth-order valence-corrected chi connectivity index (χ4v) is 1.63. The van der Waals surface area contributed by atoms with E-state index in [0.29, 0.717) is 17.3 Å². The number of aromatic nitrogens is 2. The molecule has 0 unspecified atom stereocenters. The predicted molar refractivity (Wildman–Crippen MR) is 72.4 cm³/mol. The van der Waals surface area contributed by atoms with Crippen molar-refractivity contribution in [1.29, 1.82) is 0 Å². The van der Waals surface area contributed by atoms with Crippen LogP contribution in [0.1, 0.15) is 10.4 Å². The zero-order valence-corrected chi connectivity index (χ0v) is 10.8. The lowest BCUT2D eigenvalue weighted by molar-refractivity contribution is 0.102. The van der Waals surface area contributed by atoms with Crippen molar-refractivity contribution in [3.63, 3.8) is 0 Å². The van der Waals surface area contributed by atoms with E-state index < -0.39 is 5.91 Å². The van der Waals surface area contributed by atoms with Crippen LogP contribution in [0.2, 0.25) is 5.02 Å². The van der Waals surface area contributed by atoms with Gasteiger partial charge in [-0.3, -0.25) is 4.79 Å². The van der Waals surface area contributed by atoms with Gasteiger partial charge in [0.05, 0.1) is 23.4 Å². The van der Waals surface area contributed by atoms with Crippen LogP contribution in [0.5, 0.6) is 5.75 Å². The van der Waals surface area contributed by atoms with Gasteiger partial charge in [-0.25, -0.2) is 9.97 Å². The molecule has 0 spiro atoms. The number of benzene rings is 1. The number of hydrogen-bond donors (Lipinski definition) is 2. The lowest BCUT2D eigenvalue weighted by Gasteiger charge is -2.10. The molecule has 1 heterocycles. The molecule has 0 fully saturated rings. The highest BCUT2D eigenvalue weighted by molar-refractivity contribution is 6.33. The number of carbonyl (C=O) groups is 1. The Morgan fingerprint density at radius 1 is 1.47 bits per heavy atom. The van der Waals surface area contributed by atoms with Gasteiger partial charge < -0.3 is 15.8 Å². The highest BCUT2D eigenvalue weighted by Crippen LogP contribution is 2.29. The maximum absolute atomic E-state index is 12.1. The maximum Gasteiger partial charge on any atom is 0.260 e. The van der Waals surface area contributed by atoms with Gasteiger partial charge in [0.25, 0.3) is 5.91 Å². The van der Waals surface area contributed by atoms with Crippen LogP contribution in [0.15, 0.2) is 30.7 Å². The number of amides is 1. The highest BCUT2D eigenvalue weighted by atomic mass is 35.5. The largest absolute Gasteiger partial charge is 0.496 e. The molecule has 2 rings (SSSR count). The second-order valence-electron chi connectivity index (χ2n) is 3.62. The van der Waals surface area contributed by atoms with E-state index in [0.717, 1.165) is 0 Å². The van der Waals surface area contributed by atoms with E-state index in [4.69, 9.17) is 22.1 Å². The molecule has 0 radical (unpaired) electrons. The van der Waals surface area contributed by atoms with Crippen LogP contribution in [0.4, 0.5) is 11.5 Å². The van der Waals surface area contributed by atoms with Crippen molar-refractivity contribution in [2.75, 3.05) is 18.2 Å². The van der Waals surface area contributed by atoms with Crippen molar-refractivity contribution >= 4 is 29.0 Å². The summed E-state index contributed by atoms with van der Waals surface area (Å²) in [5, 5.41) is 2.90. The van der Waals surface area contributed by atoms with Crippen molar-refractivity contribution < 1.29 is 9.53 Å². The molecular weight excluding hydrogens is 268 g/mol. The second-order valence-corrected chi connectivity index (χ2v) is 4.03. The Balaban J connectivity index is 2.31. The van der Waals surface area contributed by atoms with E-state index in [1.54, 1.807) is 6.07 Å². The quantitative estimate of drug-likeness (QED) is 0.838. The molecule has 0 aliphatic heterocycles. The number of methoxy groups -OCH3 is 1. The number of halogens is 1. The Kier molecular flexibility index (Phi) is 3.82. The monoisotopic (exact) mass is 278 g/mol. The van der Waals surface area contributed by atoms with Crippen LogP contribution in [0.25, 0.3) is 0 Å². The molecule has 1 aromatic carbocycles. The molecule has 0 aliphatic carbocycles. The normalized spacial score (nSPS) is 10.0. The average Bonchev–Trinajstić information content (AvgIpc) is 2.42. The lowest BCUT2D eigenvalue weighted by Crippen LogP contribution is -2.14. The molecule has 1 amide bonds. The Bertz CT molecular complexity index is 604. The Labute approximate surface area is 114 Å². The molecule has 2 aromatic rings. The first kappa shape index (κ1) is 13.1. The fourth-order valence-electron chi connectivity index (χ4n) is 1.46. The summed E-state index contributed by atoms with van der Waals surface area (Å²) in [5.74, 6) is 0.334. The van der Waals surface area contributed by atoms with Gasteiger partial charge in [0.15, 0.2) is 0 Å². The third-order valence-electron chi connectivity index (χ3n) is 2.39. The summed E-state index contributed by atoms with van der Waals surface area (Å²) < 4.78 is 5.11. The van der Waals surface area contributed by atoms with E-state index in [9.17, 15) is 4.79 Å². The van der Waals surface area contributed by atoms with E-state index >= 15 is 0 Å². The van der Waals surface area contributed by atoms with Gasteiger partial charge in [-0.05, 0) is 12.1 Å². The van der Waals surface area contributed by atoms with Crippen LogP contribution in [0.3, 0.4) is 0 Å². The molecule has 0 atom stereocenters. The van der Waals surface area contributed by atoms with Crippen molar-refractivity contribution in [2.24, 2.45) is 0 Å². The maximum atomic E-state index is 12.1. The molecule has 3 N–H and O–H groups in total. The van der Waals surface area contributed by atoms with Crippen molar-refractivity contribution in [1.82, 2.24) is 9.97 Å². The van der Waals surface area contributed by atoms with Crippen LogP contribution < -0.4 is 15.8 Å². The van der Waals surface area contributed by atoms with Gasteiger partial charge in [0, 0.05) is 12.3 Å². The number of nitrogens with one attached hydrogen (secondary N) is 1. The fraction of sp³-hybridized carbons (Fsp3) is 0.0833. The average molecular weight is 279 g/mol. The number of nitrogens with zero attached hydrogens (tertiary/aromatic N) is 2. The molecule has 6 nitrogen and oxygen atoms in total. The summed E-state index contributed by atoms with van der Waals surface area (Å²) in [6.07, 6.45) is 2.86. The van der Waals surface area contributed by atoms with Crippen molar-refractivity contribution in [3.8, 4) is 5.75 Å². The van der Waals surface area contributed by atoms with E-state index in [2.05, 4.69) is 15.3 Å². The Morgan fingerprint density at radius 2 is 2.26 bits per heavy atom. The summed E-state index contributed by atoms with van der Waals surface area (Å²) in [7, 11) is 1.45. The molecule has 0 aliphatic rings. The minimum atomic E-state index is -0.391. The standard InChI is InChI=1S/C12H11ClN4O2/c1-19-10-5-9(14)8(13)4-7(10)12(18)17-11-2-3-15-6-16-11/h2-6H,14H2,1H3,(H,15,16,17,18). The van der Waals surface area contributed by atoms with Gasteiger partial charge in [-0.1, -0.05) is 11.6 Å². The van der Waals surface area contributed by atoms with Gasteiger partial charge in [-0.15, -0.1) is 0 Å². The van der Waals surface area contributed by atoms with Crippen LogP contribution in [0, 0.1) is 0 Å². The third kappa shape index (κ3) is 2.92. The summed E-state index contributed by atoms with van der Waals surface area (Å²) >= 11 is 5.90. The number of anilines is 2. The molecular formula is C12H11ClN4O2. The minimum absolute atomic E-state index is 0.278. The van der Waals surface area contributed by atoms with Gasteiger partial charge in [-0.2, -0.15) is 0 Å². The minimum Gasteiger partial charge on any atom is -0.496 e. The third-order valence-corrected chi connectivity index (χ3v) is 2.71. The first-order chi connectivity index (χ1) is 9.11. The molecule has 19 heavy (non-hydrogen) atoms. The molecule has 0 saturated heterocycles. The van der Waals surface area contributed by atoms with Gasteiger partial charge in [0.2, 0.25) is 0 Å². The van der Waals surface area contributed by atoms with E-state index in [1.807, 2.05) is 0 Å². The zero-order chi connectivity index (χ0) is 13.8. The number of ether oxygens (including phenoxy) is 1. The second kappa shape index (κ2) is 5.53. The van der Waals surface area contributed by atoms with Crippen LogP contribution >= 0.6 is 11.6 Å². The molecule has 0 bridgehead atoms. The lowest BCUT2D eigenvalue weighted by atomic mass is 10.1. The van der Waals surface area contributed by atoms with E-state index in [1.165, 1.54) is 31.8 Å². The molecule has 98 valence electrons. The smallest absolute Gasteiger partial charge is 0.260 e. The predicted octanol–water partition coefficient (Wildman–Crippen LogP) is 1.97. The number of hydrogen-bond acceptors (Lipinski definition) is 5. The zero-order valence-electron chi connectivity index (χ0n) is 10.1. The van der Waals surface area contributed by atoms with Gasteiger partial charge in [0.1, 0.15) is 17.9 Å². The molecule has 0 saturated carbocycles. The number of carbonyl (C=O) groups excluding carboxylic acids is 1. The summed E-state index contributed by atoms with van der Waals surface area (Å²) in [6.45, 7) is 0. The Morgan fingerprint density at radius 3 is 2.89 bits per heavy atom. The van der Waals surface area contributed by atoms with Crippen LogP contribution in [-0.4, -0.2) is 23.0 Å². The summed E-state index contributed by atoms with van der Waals surface area (Å²) in [6, 6.07) is 4.52. The summed E-state index contributed by atoms with van der Waals surface area (Å²) in [5.41, 5.74) is 6.28. The van der Waals surface area contributed by atoms with E-state index in [-0.39, 0.29) is 10.6 Å². The highest BCUT2D eigenvalue weighted by Gasteiger charge is 2.15. The molecule has 7 heteroatoms. The van der Waals surface area contributed by atoms with Crippen LogP contribution in [-0.2, 0) is 0 Å².